The maximum absolute atomic E-state index is 9.55. The Kier molecular flexibility index (Phi) is 8.01. The SMILES string of the molecule is CN1CCC(C2Oc3ccccc3Sc3ccc(Cl)cc32)CC1.O=C(O)C=CC(=O)O. The van der Waals surface area contributed by atoms with Crippen LogP contribution in [0.3, 0.4) is 0 Å². The van der Waals surface area contributed by atoms with Crippen LogP contribution in [-0.2, 0) is 9.59 Å². The Bertz CT molecular complexity index is 956. The van der Waals surface area contributed by atoms with E-state index in [-0.39, 0.29) is 6.10 Å². The highest BCUT2D eigenvalue weighted by atomic mass is 35.5. The van der Waals surface area contributed by atoms with E-state index in [1.807, 2.05) is 12.1 Å². The number of likely N-dealkylation sites (tertiary alicyclic amines) is 1. The summed E-state index contributed by atoms with van der Waals surface area (Å²) in [5, 5.41) is 16.4. The predicted molar refractivity (Wildman–Crippen MR) is 120 cm³/mol. The largest absolute Gasteiger partial charge is 0.484 e. The van der Waals surface area contributed by atoms with E-state index in [1.54, 1.807) is 11.8 Å². The number of carboxylic acid groups (broad SMARTS) is 2. The van der Waals surface area contributed by atoms with E-state index >= 15 is 0 Å². The zero-order valence-electron chi connectivity index (χ0n) is 17.0. The average Bonchev–Trinajstić information content (AvgIpc) is 2.90. The fourth-order valence-electron chi connectivity index (χ4n) is 3.61. The van der Waals surface area contributed by atoms with Crippen LogP contribution in [0.1, 0.15) is 24.5 Å². The van der Waals surface area contributed by atoms with E-state index in [2.05, 4.69) is 42.3 Å². The summed E-state index contributed by atoms with van der Waals surface area (Å²) in [5.74, 6) is -0.983. The molecule has 8 heteroatoms. The summed E-state index contributed by atoms with van der Waals surface area (Å²) in [4.78, 5) is 24.0. The second kappa shape index (κ2) is 10.7. The molecule has 1 saturated heterocycles. The van der Waals surface area contributed by atoms with Gasteiger partial charge in [-0.2, -0.15) is 0 Å². The minimum atomic E-state index is -1.26. The number of para-hydroxylation sites is 1. The number of aliphatic carboxylic acids is 2. The minimum absolute atomic E-state index is 0.0912. The monoisotopic (exact) mass is 461 g/mol. The molecule has 2 heterocycles. The van der Waals surface area contributed by atoms with Gasteiger partial charge in [-0.15, -0.1) is 0 Å². The maximum atomic E-state index is 9.55. The summed E-state index contributed by atoms with van der Waals surface area (Å²) in [6, 6.07) is 14.5. The molecule has 2 aromatic carbocycles. The molecule has 0 amide bonds. The van der Waals surface area contributed by atoms with Gasteiger partial charge in [0.2, 0.25) is 0 Å². The van der Waals surface area contributed by atoms with Crippen LogP contribution in [0.15, 0.2) is 64.4 Å². The normalized spacial score (nSPS) is 18.7. The van der Waals surface area contributed by atoms with Gasteiger partial charge < -0.3 is 19.8 Å². The molecule has 0 bridgehead atoms. The number of ether oxygens (including phenoxy) is 1. The smallest absolute Gasteiger partial charge is 0.328 e. The molecule has 1 atom stereocenters. The van der Waals surface area contributed by atoms with Crippen LogP contribution in [0.4, 0.5) is 0 Å². The van der Waals surface area contributed by atoms with Gasteiger partial charge in [0.25, 0.3) is 0 Å². The Balaban J connectivity index is 0.000000293. The number of hydrogen-bond acceptors (Lipinski definition) is 5. The first-order chi connectivity index (χ1) is 14.8. The fourth-order valence-corrected chi connectivity index (χ4v) is 4.82. The van der Waals surface area contributed by atoms with Crippen molar-refractivity contribution in [2.75, 3.05) is 20.1 Å². The maximum Gasteiger partial charge on any atom is 0.328 e. The predicted octanol–water partition coefficient (Wildman–Crippen LogP) is 4.98. The molecule has 6 nitrogen and oxygen atoms in total. The lowest BCUT2D eigenvalue weighted by Gasteiger charge is -2.34. The first kappa shape index (κ1) is 23.2. The molecule has 0 saturated carbocycles. The van der Waals surface area contributed by atoms with E-state index in [1.165, 1.54) is 28.2 Å². The quantitative estimate of drug-likeness (QED) is 0.623. The van der Waals surface area contributed by atoms with Gasteiger partial charge in [0.15, 0.2) is 0 Å². The topological polar surface area (TPSA) is 87.1 Å². The van der Waals surface area contributed by atoms with Crippen molar-refractivity contribution < 1.29 is 24.5 Å². The van der Waals surface area contributed by atoms with Gasteiger partial charge in [-0.1, -0.05) is 35.5 Å². The summed E-state index contributed by atoms with van der Waals surface area (Å²) < 4.78 is 6.52. The first-order valence-electron chi connectivity index (χ1n) is 9.89. The van der Waals surface area contributed by atoms with E-state index in [9.17, 15) is 9.59 Å². The van der Waals surface area contributed by atoms with Crippen LogP contribution in [0, 0.1) is 5.92 Å². The molecule has 2 aromatic rings. The molecule has 164 valence electrons. The number of carbonyl (C=O) groups is 2. The van der Waals surface area contributed by atoms with Crippen molar-refractivity contribution in [3.63, 3.8) is 0 Å². The van der Waals surface area contributed by atoms with Crippen molar-refractivity contribution in [1.82, 2.24) is 4.90 Å². The van der Waals surface area contributed by atoms with Crippen molar-refractivity contribution >= 4 is 35.3 Å². The zero-order valence-corrected chi connectivity index (χ0v) is 18.6. The third-order valence-corrected chi connectivity index (χ3v) is 6.55. The van der Waals surface area contributed by atoms with Crippen molar-refractivity contribution in [3.8, 4) is 5.75 Å². The molecular weight excluding hydrogens is 438 g/mol. The van der Waals surface area contributed by atoms with Crippen LogP contribution in [0.25, 0.3) is 0 Å². The first-order valence-corrected chi connectivity index (χ1v) is 11.1. The van der Waals surface area contributed by atoms with Crippen molar-refractivity contribution in [2.45, 2.75) is 28.7 Å². The average molecular weight is 462 g/mol. The Labute approximate surface area is 190 Å². The Morgan fingerprint density at radius 3 is 2.35 bits per heavy atom. The van der Waals surface area contributed by atoms with E-state index < -0.39 is 11.9 Å². The molecule has 1 fully saturated rings. The summed E-state index contributed by atoms with van der Waals surface area (Å²) in [6.45, 7) is 2.27. The second-order valence-electron chi connectivity index (χ2n) is 7.42. The van der Waals surface area contributed by atoms with Gasteiger partial charge in [0.1, 0.15) is 11.9 Å². The summed E-state index contributed by atoms with van der Waals surface area (Å²) in [5.41, 5.74) is 1.24. The summed E-state index contributed by atoms with van der Waals surface area (Å²) in [6.07, 6.45) is 3.54. The molecule has 0 radical (unpaired) electrons. The minimum Gasteiger partial charge on any atom is -0.484 e. The number of nitrogens with zero attached hydrogens (tertiary/aromatic N) is 1. The number of piperidine rings is 1. The van der Waals surface area contributed by atoms with E-state index in [4.69, 9.17) is 26.6 Å². The van der Waals surface area contributed by atoms with Crippen LogP contribution >= 0.6 is 23.4 Å². The van der Waals surface area contributed by atoms with Gasteiger partial charge in [0, 0.05) is 33.6 Å². The van der Waals surface area contributed by atoms with Crippen LogP contribution in [0.2, 0.25) is 5.02 Å². The number of carboxylic acids is 2. The Morgan fingerprint density at radius 2 is 1.71 bits per heavy atom. The Hall–Kier alpha value is -2.48. The van der Waals surface area contributed by atoms with Crippen molar-refractivity contribution in [3.05, 3.63) is 65.2 Å². The highest BCUT2D eigenvalue weighted by Gasteiger charge is 2.32. The lowest BCUT2D eigenvalue weighted by Crippen LogP contribution is -2.34. The van der Waals surface area contributed by atoms with Crippen molar-refractivity contribution in [2.24, 2.45) is 5.92 Å². The number of fused-ring (bicyclic) bond motifs is 2. The molecule has 0 aromatic heterocycles. The lowest BCUT2D eigenvalue weighted by molar-refractivity contribution is -0.134. The molecule has 31 heavy (non-hydrogen) atoms. The van der Waals surface area contributed by atoms with Gasteiger partial charge in [-0.25, -0.2) is 9.59 Å². The molecule has 2 aliphatic rings. The van der Waals surface area contributed by atoms with Gasteiger partial charge >= 0.3 is 11.9 Å². The number of halogens is 1. The molecule has 0 spiro atoms. The van der Waals surface area contributed by atoms with Crippen LogP contribution < -0.4 is 4.74 Å². The van der Waals surface area contributed by atoms with Gasteiger partial charge in [0.05, 0.1) is 4.90 Å². The molecule has 2 N–H and O–H groups in total. The fraction of sp³-hybridized carbons (Fsp3) is 0.304. The summed E-state index contributed by atoms with van der Waals surface area (Å²) >= 11 is 8.08. The van der Waals surface area contributed by atoms with E-state index in [0.29, 0.717) is 18.1 Å². The Morgan fingerprint density at radius 1 is 1.06 bits per heavy atom. The third-order valence-electron chi connectivity index (χ3n) is 5.16. The molecule has 0 aliphatic carbocycles. The molecular formula is C23H24ClNO5S. The standard InChI is InChI=1S/C19H20ClNOS.C4H4O4/c1-21-10-8-13(9-11-21)19-15-12-14(20)6-7-17(15)23-18-5-3-2-4-16(18)22-19;5-3(6)1-2-4(7)8/h2-7,12-13,19H,8-11H2,1H3;1-2H,(H,5,6)(H,7,8). The molecule has 1 unspecified atom stereocenters. The zero-order chi connectivity index (χ0) is 22.4. The molecule has 2 aliphatic heterocycles. The highest BCUT2D eigenvalue weighted by molar-refractivity contribution is 7.99. The third kappa shape index (κ3) is 6.50. The van der Waals surface area contributed by atoms with Crippen LogP contribution in [0.5, 0.6) is 5.75 Å². The summed E-state index contributed by atoms with van der Waals surface area (Å²) in [7, 11) is 2.19. The van der Waals surface area contributed by atoms with Crippen LogP contribution in [-0.4, -0.2) is 47.2 Å². The second-order valence-corrected chi connectivity index (χ2v) is 8.94. The van der Waals surface area contributed by atoms with E-state index in [0.717, 1.165) is 23.9 Å². The highest BCUT2D eigenvalue weighted by Crippen LogP contribution is 2.47. The van der Waals surface area contributed by atoms with Crippen molar-refractivity contribution in [1.29, 1.82) is 0 Å². The number of benzene rings is 2. The number of rotatable bonds is 3. The lowest BCUT2D eigenvalue weighted by atomic mass is 9.87. The van der Waals surface area contributed by atoms with Gasteiger partial charge in [-0.3, -0.25) is 0 Å². The number of hydrogen-bond donors (Lipinski definition) is 2. The molecule has 4 rings (SSSR count). The van der Waals surface area contributed by atoms with Gasteiger partial charge in [-0.05, 0) is 63.3 Å².